The average molecular weight is 228 g/mol. The van der Waals surface area contributed by atoms with E-state index in [-0.39, 0.29) is 0 Å². The molecular formula is C17H24. The van der Waals surface area contributed by atoms with E-state index in [2.05, 4.69) is 32.0 Å². The maximum atomic E-state index is 2.43. The topological polar surface area (TPSA) is 0 Å². The van der Waals surface area contributed by atoms with Crippen LogP contribution in [0, 0.1) is 25.7 Å². The SMILES string of the molecule is Cc1cc(C)cc(C2CC3CCCCC3C2)c1. The van der Waals surface area contributed by atoms with E-state index in [9.17, 15) is 0 Å². The minimum Gasteiger partial charge on any atom is -0.0564 e. The Morgan fingerprint density at radius 1 is 0.824 bits per heavy atom. The van der Waals surface area contributed by atoms with E-state index < -0.39 is 0 Å². The summed E-state index contributed by atoms with van der Waals surface area (Å²) >= 11 is 0. The third-order valence-corrected chi connectivity index (χ3v) is 4.96. The van der Waals surface area contributed by atoms with Gasteiger partial charge in [-0.15, -0.1) is 0 Å². The molecule has 2 saturated carbocycles. The van der Waals surface area contributed by atoms with Crippen molar-refractivity contribution in [2.24, 2.45) is 11.8 Å². The molecule has 2 atom stereocenters. The lowest BCUT2D eigenvalue weighted by Crippen LogP contribution is -2.12. The molecule has 0 amide bonds. The Hall–Kier alpha value is -0.780. The van der Waals surface area contributed by atoms with Crippen molar-refractivity contribution >= 4 is 0 Å². The number of benzene rings is 1. The van der Waals surface area contributed by atoms with Crippen LogP contribution in [-0.4, -0.2) is 0 Å². The molecule has 1 aromatic rings. The molecule has 2 unspecified atom stereocenters. The van der Waals surface area contributed by atoms with Gasteiger partial charge in [-0.3, -0.25) is 0 Å². The second-order valence-corrected chi connectivity index (χ2v) is 6.39. The third kappa shape index (κ3) is 2.27. The number of aryl methyl sites for hydroxylation is 2. The Labute approximate surface area is 105 Å². The van der Waals surface area contributed by atoms with Crippen molar-refractivity contribution in [2.75, 3.05) is 0 Å². The molecule has 17 heavy (non-hydrogen) atoms. The molecule has 0 N–H and O–H groups in total. The number of fused-ring (bicyclic) bond motifs is 1. The summed E-state index contributed by atoms with van der Waals surface area (Å²) in [7, 11) is 0. The van der Waals surface area contributed by atoms with Gasteiger partial charge in [0.2, 0.25) is 0 Å². The standard InChI is InChI=1S/C17H24/c1-12-7-13(2)9-16(8-12)17-10-14-5-3-4-6-15(14)11-17/h7-9,14-15,17H,3-6,10-11H2,1-2H3. The van der Waals surface area contributed by atoms with Crippen molar-refractivity contribution in [3.8, 4) is 0 Å². The fourth-order valence-corrected chi connectivity index (χ4v) is 4.25. The van der Waals surface area contributed by atoms with Crippen LogP contribution in [0.4, 0.5) is 0 Å². The highest BCUT2D eigenvalue weighted by Gasteiger charge is 2.36. The van der Waals surface area contributed by atoms with Crippen LogP contribution in [-0.2, 0) is 0 Å². The van der Waals surface area contributed by atoms with Gasteiger partial charge in [-0.25, -0.2) is 0 Å². The van der Waals surface area contributed by atoms with Crippen molar-refractivity contribution in [2.45, 2.75) is 58.3 Å². The number of hydrogen-bond acceptors (Lipinski definition) is 0. The monoisotopic (exact) mass is 228 g/mol. The average Bonchev–Trinajstić information content (AvgIpc) is 2.71. The molecule has 0 saturated heterocycles. The quantitative estimate of drug-likeness (QED) is 0.635. The first-order valence-electron chi connectivity index (χ1n) is 7.30. The molecule has 0 radical (unpaired) electrons. The van der Waals surface area contributed by atoms with Crippen molar-refractivity contribution in [1.29, 1.82) is 0 Å². The maximum Gasteiger partial charge on any atom is -0.0156 e. The Kier molecular flexibility index (Phi) is 2.98. The van der Waals surface area contributed by atoms with Crippen LogP contribution in [0.1, 0.15) is 61.1 Å². The molecule has 0 nitrogen and oxygen atoms in total. The highest BCUT2D eigenvalue weighted by atomic mass is 14.4. The molecule has 2 aliphatic carbocycles. The Bertz CT molecular complexity index is 370. The number of hydrogen-bond donors (Lipinski definition) is 0. The molecule has 3 rings (SSSR count). The summed E-state index contributed by atoms with van der Waals surface area (Å²) < 4.78 is 0. The third-order valence-electron chi connectivity index (χ3n) is 4.96. The van der Waals surface area contributed by atoms with Gasteiger partial charge >= 0.3 is 0 Å². The number of rotatable bonds is 1. The maximum absolute atomic E-state index is 2.43. The van der Waals surface area contributed by atoms with E-state index in [1.54, 1.807) is 5.56 Å². The highest BCUT2D eigenvalue weighted by molar-refractivity contribution is 5.31. The summed E-state index contributed by atoms with van der Waals surface area (Å²) in [6.07, 6.45) is 8.92. The summed E-state index contributed by atoms with van der Waals surface area (Å²) in [5, 5.41) is 0. The highest BCUT2D eigenvalue weighted by Crippen LogP contribution is 2.49. The zero-order valence-electron chi connectivity index (χ0n) is 11.2. The summed E-state index contributed by atoms with van der Waals surface area (Å²) in [5.41, 5.74) is 4.50. The van der Waals surface area contributed by atoms with Crippen molar-refractivity contribution in [1.82, 2.24) is 0 Å². The van der Waals surface area contributed by atoms with Gasteiger partial charge in [0.15, 0.2) is 0 Å². The largest absolute Gasteiger partial charge is 0.0564 e. The van der Waals surface area contributed by atoms with Crippen LogP contribution in [0.3, 0.4) is 0 Å². The van der Waals surface area contributed by atoms with Crippen molar-refractivity contribution in [3.05, 3.63) is 34.9 Å². The molecule has 92 valence electrons. The fraction of sp³-hybridized carbons (Fsp3) is 0.647. The lowest BCUT2D eigenvalue weighted by Gasteiger charge is -2.24. The molecule has 0 spiro atoms. The van der Waals surface area contributed by atoms with Gasteiger partial charge in [0.05, 0.1) is 0 Å². The molecule has 0 aromatic heterocycles. The van der Waals surface area contributed by atoms with Crippen LogP contribution in [0.15, 0.2) is 18.2 Å². The van der Waals surface area contributed by atoms with Gasteiger partial charge in [0.25, 0.3) is 0 Å². The predicted molar refractivity (Wildman–Crippen MR) is 73.3 cm³/mol. The lowest BCUT2D eigenvalue weighted by molar-refractivity contribution is 0.277. The van der Waals surface area contributed by atoms with Crippen LogP contribution in [0.5, 0.6) is 0 Å². The van der Waals surface area contributed by atoms with Gasteiger partial charge in [-0.2, -0.15) is 0 Å². The van der Waals surface area contributed by atoms with E-state index in [0.29, 0.717) is 0 Å². The molecule has 0 heteroatoms. The van der Waals surface area contributed by atoms with E-state index in [0.717, 1.165) is 17.8 Å². The van der Waals surface area contributed by atoms with Gasteiger partial charge < -0.3 is 0 Å². The van der Waals surface area contributed by atoms with E-state index >= 15 is 0 Å². The lowest BCUT2D eigenvalue weighted by atomic mass is 9.82. The molecule has 2 fully saturated rings. The molecule has 0 aliphatic heterocycles. The van der Waals surface area contributed by atoms with Crippen LogP contribution >= 0.6 is 0 Å². The minimum absolute atomic E-state index is 0.863. The summed E-state index contributed by atoms with van der Waals surface area (Å²) in [4.78, 5) is 0. The molecule has 2 aliphatic rings. The van der Waals surface area contributed by atoms with Gasteiger partial charge in [-0.1, -0.05) is 55.0 Å². The zero-order valence-corrected chi connectivity index (χ0v) is 11.2. The normalized spacial score (nSPS) is 32.5. The molecular weight excluding hydrogens is 204 g/mol. The second kappa shape index (κ2) is 4.48. The van der Waals surface area contributed by atoms with Crippen molar-refractivity contribution < 1.29 is 0 Å². The van der Waals surface area contributed by atoms with Crippen LogP contribution in [0.2, 0.25) is 0 Å². The van der Waals surface area contributed by atoms with E-state index in [4.69, 9.17) is 0 Å². The van der Waals surface area contributed by atoms with Crippen LogP contribution in [0.25, 0.3) is 0 Å². The minimum atomic E-state index is 0.863. The zero-order chi connectivity index (χ0) is 11.8. The Morgan fingerprint density at radius 3 is 1.88 bits per heavy atom. The molecule has 0 bridgehead atoms. The molecule has 1 aromatic carbocycles. The summed E-state index contributed by atoms with van der Waals surface area (Å²) in [6, 6.07) is 7.15. The summed E-state index contributed by atoms with van der Waals surface area (Å²) in [5.74, 6) is 2.96. The Morgan fingerprint density at radius 2 is 1.35 bits per heavy atom. The van der Waals surface area contributed by atoms with Gasteiger partial charge in [0.1, 0.15) is 0 Å². The first kappa shape index (κ1) is 11.3. The first-order chi connectivity index (χ1) is 8.22. The van der Waals surface area contributed by atoms with Gasteiger partial charge in [-0.05, 0) is 50.0 Å². The first-order valence-corrected chi connectivity index (χ1v) is 7.30. The molecule has 0 heterocycles. The predicted octanol–water partition coefficient (Wildman–Crippen LogP) is 4.99. The Balaban J connectivity index is 1.81. The van der Waals surface area contributed by atoms with Crippen molar-refractivity contribution in [3.63, 3.8) is 0 Å². The van der Waals surface area contributed by atoms with E-state index in [1.807, 2.05) is 0 Å². The summed E-state index contributed by atoms with van der Waals surface area (Å²) in [6.45, 7) is 4.47. The smallest absolute Gasteiger partial charge is 0.0156 e. The van der Waals surface area contributed by atoms with E-state index in [1.165, 1.54) is 49.7 Å². The van der Waals surface area contributed by atoms with Crippen LogP contribution < -0.4 is 0 Å². The second-order valence-electron chi connectivity index (χ2n) is 6.39. The van der Waals surface area contributed by atoms with Gasteiger partial charge in [0, 0.05) is 0 Å². The fourth-order valence-electron chi connectivity index (χ4n) is 4.25.